The lowest BCUT2D eigenvalue weighted by molar-refractivity contribution is 0.0793. The van der Waals surface area contributed by atoms with E-state index >= 15 is 0 Å². The van der Waals surface area contributed by atoms with Crippen LogP contribution in [0.1, 0.15) is 39.2 Å². The second-order valence-electron chi connectivity index (χ2n) is 6.53. The van der Waals surface area contributed by atoms with E-state index in [4.69, 9.17) is 0 Å². The highest BCUT2D eigenvalue weighted by molar-refractivity contribution is 7.10. The highest BCUT2D eigenvalue weighted by atomic mass is 32.1. The maximum absolute atomic E-state index is 12.4. The molecule has 0 aliphatic carbocycles. The molecule has 0 saturated carbocycles. The minimum absolute atomic E-state index is 0.190. The van der Waals surface area contributed by atoms with E-state index in [-0.39, 0.29) is 5.91 Å². The summed E-state index contributed by atoms with van der Waals surface area (Å²) < 4.78 is 0. The zero-order valence-electron chi connectivity index (χ0n) is 13.3. The number of hydrogen-bond acceptors (Lipinski definition) is 3. The summed E-state index contributed by atoms with van der Waals surface area (Å²) in [6.07, 6.45) is 3.45. The van der Waals surface area contributed by atoms with Gasteiger partial charge in [0, 0.05) is 43.2 Å². The van der Waals surface area contributed by atoms with Crippen LogP contribution in [0.5, 0.6) is 0 Å². The molecule has 0 unspecified atom stereocenters. The maximum Gasteiger partial charge on any atom is 0.253 e. The summed E-state index contributed by atoms with van der Waals surface area (Å²) in [4.78, 5) is 18.4. The summed E-state index contributed by atoms with van der Waals surface area (Å²) >= 11 is 1.88. The molecule has 3 heterocycles. The Kier molecular flexibility index (Phi) is 4.19. The van der Waals surface area contributed by atoms with E-state index < -0.39 is 0 Å². The number of thiophene rings is 1. The van der Waals surface area contributed by atoms with Crippen molar-refractivity contribution in [3.8, 4) is 0 Å². The Morgan fingerprint density at radius 1 is 1.04 bits per heavy atom. The summed E-state index contributed by atoms with van der Waals surface area (Å²) in [5.41, 5.74) is 3.61. The minimum Gasteiger partial charge on any atom is -0.339 e. The molecule has 1 saturated heterocycles. The van der Waals surface area contributed by atoms with Gasteiger partial charge in [0.15, 0.2) is 0 Å². The monoisotopic (exact) mass is 326 g/mol. The molecule has 1 amide bonds. The van der Waals surface area contributed by atoms with Crippen LogP contribution in [-0.4, -0.2) is 35.3 Å². The lowest BCUT2D eigenvalue weighted by atomic mass is 10.1. The van der Waals surface area contributed by atoms with Crippen LogP contribution < -0.4 is 0 Å². The van der Waals surface area contributed by atoms with Crippen LogP contribution in [0.2, 0.25) is 0 Å². The number of amides is 1. The van der Waals surface area contributed by atoms with Crippen LogP contribution in [0.15, 0.2) is 35.7 Å². The standard InChI is InChI=1S/C19H22N2OS/c22-19(21-9-1-2-10-21)16-5-3-15(4-6-16)13-20-11-7-18-17(14-20)8-12-23-18/h3-6,8,12H,1-2,7,9-11,13-14H2. The molecule has 2 aliphatic rings. The number of carbonyl (C=O) groups is 1. The van der Waals surface area contributed by atoms with Crippen molar-refractivity contribution in [3.05, 3.63) is 57.3 Å². The Hall–Kier alpha value is -1.65. The molecular weight excluding hydrogens is 304 g/mol. The van der Waals surface area contributed by atoms with Crippen LogP contribution in [-0.2, 0) is 19.5 Å². The van der Waals surface area contributed by atoms with Gasteiger partial charge in [0.25, 0.3) is 5.91 Å². The molecule has 2 aliphatic heterocycles. The van der Waals surface area contributed by atoms with Crippen molar-refractivity contribution in [2.75, 3.05) is 19.6 Å². The molecule has 2 aromatic rings. The summed E-state index contributed by atoms with van der Waals surface area (Å²) in [6, 6.07) is 10.5. The molecule has 0 bridgehead atoms. The summed E-state index contributed by atoms with van der Waals surface area (Å²) in [7, 11) is 0. The average molecular weight is 326 g/mol. The fourth-order valence-electron chi connectivity index (χ4n) is 3.56. The zero-order chi connectivity index (χ0) is 15.6. The van der Waals surface area contributed by atoms with Crippen molar-refractivity contribution in [1.29, 1.82) is 0 Å². The van der Waals surface area contributed by atoms with Crippen molar-refractivity contribution in [1.82, 2.24) is 9.80 Å². The number of hydrogen-bond donors (Lipinski definition) is 0. The Balaban J connectivity index is 1.40. The topological polar surface area (TPSA) is 23.6 Å². The summed E-state index contributed by atoms with van der Waals surface area (Å²) in [5.74, 6) is 0.190. The quantitative estimate of drug-likeness (QED) is 0.861. The number of nitrogens with zero attached hydrogens (tertiary/aromatic N) is 2. The van der Waals surface area contributed by atoms with E-state index in [0.717, 1.165) is 51.1 Å². The Labute approximate surface area is 141 Å². The van der Waals surface area contributed by atoms with Gasteiger partial charge in [0.1, 0.15) is 0 Å². The molecule has 120 valence electrons. The predicted molar refractivity (Wildman–Crippen MR) is 93.7 cm³/mol. The Morgan fingerprint density at radius 2 is 1.83 bits per heavy atom. The van der Waals surface area contributed by atoms with Gasteiger partial charge in [0.2, 0.25) is 0 Å². The first-order valence-electron chi connectivity index (χ1n) is 8.45. The molecular formula is C19H22N2OS. The molecule has 1 aromatic carbocycles. The molecule has 0 N–H and O–H groups in total. The first-order chi connectivity index (χ1) is 11.3. The molecule has 23 heavy (non-hydrogen) atoms. The van der Waals surface area contributed by atoms with Crippen LogP contribution in [0.4, 0.5) is 0 Å². The molecule has 1 aromatic heterocycles. The van der Waals surface area contributed by atoms with Crippen molar-refractivity contribution >= 4 is 17.2 Å². The van der Waals surface area contributed by atoms with E-state index in [1.165, 1.54) is 17.5 Å². The van der Waals surface area contributed by atoms with Gasteiger partial charge in [-0.2, -0.15) is 0 Å². The second-order valence-corrected chi connectivity index (χ2v) is 7.53. The molecule has 0 spiro atoms. The van der Waals surface area contributed by atoms with Gasteiger partial charge in [-0.3, -0.25) is 9.69 Å². The molecule has 0 radical (unpaired) electrons. The van der Waals surface area contributed by atoms with Gasteiger partial charge in [-0.15, -0.1) is 11.3 Å². The van der Waals surface area contributed by atoms with E-state index in [1.807, 2.05) is 28.4 Å². The van der Waals surface area contributed by atoms with Crippen LogP contribution in [0, 0.1) is 0 Å². The smallest absolute Gasteiger partial charge is 0.253 e. The lowest BCUT2D eigenvalue weighted by Crippen LogP contribution is -2.29. The minimum atomic E-state index is 0.190. The van der Waals surface area contributed by atoms with Crippen LogP contribution in [0.25, 0.3) is 0 Å². The van der Waals surface area contributed by atoms with Gasteiger partial charge in [-0.25, -0.2) is 0 Å². The number of carbonyl (C=O) groups excluding carboxylic acids is 1. The van der Waals surface area contributed by atoms with Gasteiger partial charge in [-0.1, -0.05) is 12.1 Å². The normalized spacial score (nSPS) is 18.2. The summed E-state index contributed by atoms with van der Waals surface area (Å²) in [5, 5.41) is 2.20. The fraction of sp³-hybridized carbons (Fsp3) is 0.421. The van der Waals surface area contributed by atoms with E-state index in [9.17, 15) is 4.79 Å². The third-order valence-corrected chi connectivity index (χ3v) is 5.91. The first-order valence-corrected chi connectivity index (χ1v) is 9.33. The first kappa shape index (κ1) is 14.9. The lowest BCUT2D eigenvalue weighted by Gasteiger charge is -2.26. The highest BCUT2D eigenvalue weighted by Gasteiger charge is 2.20. The van der Waals surface area contributed by atoms with Gasteiger partial charge in [-0.05, 0) is 54.0 Å². The Bertz CT molecular complexity index is 686. The number of benzene rings is 1. The van der Waals surface area contributed by atoms with Gasteiger partial charge < -0.3 is 4.90 Å². The molecule has 4 rings (SSSR count). The third kappa shape index (κ3) is 3.19. The average Bonchev–Trinajstić information content (AvgIpc) is 3.26. The van der Waals surface area contributed by atoms with Crippen LogP contribution >= 0.6 is 11.3 Å². The van der Waals surface area contributed by atoms with E-state index in [1.54, 1.807) is 4.88 Å². The van der Waals surface area contributed by atoms with Crippen molar-refractivity contribution in [2.45, 2.75) is 32.4 Å². The van der Waals surface area contributed by atoms with Crippen LogP contribution in [0.3, 0.4) is 0 Å². The molecule has 4 heteroatoms. The largest absolute Gasteiger partial charge is 0.339 e. The van der Waals surface area contributed by atoms with Gasteiger partial charge >= 0.3 is 0 Å². The molecule has 1 fully saturated rings. The SMILES string of the molecule is O=C(c1ccc(CN2CCc3sccc3C2)cc1)N1CCCC1. The van der Waals surface area contributed by atoms with Crippen molar-refractivity contribution < 1.29 is 4.79 Å². The maximum atomic E-state index is 12.4. The number of likely N-dealkylation sites (tertiary alicyclic amines) is 1. The summed E-state index contributed by atoms with van der Waals surface area (Å²) in [6.45, 7) is 4.97. The fourth-order valence-corrected chi connectivity index (χ4v) is 4.45. The Morgan fingerprint density at radius 3 is 2.61 bits per heavy atom. The predicted octanol–water partition coefficient (Wildman–Crippen LogP) is 3.54. The van der Waals surface area contributed by atoms with Crippen molar-refractivity contribution in [3.63, 3.8) is 0 Å². The zero-order valence-corrected chi connectivity index (χ0v) is 14.1. The van der Waals surface area contributed by atoms with E-state index in [2.05, 4.69) is 28.5 Å². The van der Waals surface area contributed by atoms with E-state index in [0.29, 0.717) is 0 Å². The number of fused-ring (bicyclic) bond motifs is 1. The van der Waals surface area contributed by atoms with Crippen molar-refractivity contribution in [2.24, 2.45) is 0 Å². The van der Waals surface area contributed by atoms with Gasteiger partial charge in [0.05, 0.1) is 0 Å². The third-order valence-electron chi connectivity index (χ3n) is 4.89. The molecule has 3 nitrogen and oxygen atoms in total. The second kappa shape index (κ2) is 6.46. The molecule has 0 atom stereocenters. The number of rotatable bonds is 3. The highest BCUT2D eigenvalue weighted by Crippen LogP contribution is 2.25.